The van der Waals surface area contributed by atoms with Gasteiger partial charge in [0.25, 0.3) is 0 Å². The summed E-state index contributed by atoms with van der Waals surface area (Å²) in [5.74, 6) is 2.98. The Morgan fingerprint density at radius 3 is 2.62 bits per heavy atom. The van der Waals surface area contributed by atoms with Crippen LogP contribution in [0.15, 0.2) is 30.7 Å². The Labute approximate surface area is 217 Å². The lowest BCUT2D eigenvalue weighted by Crippen LogP contribution is -2.53. The zero-order chi connectivity index (χ0) is 26.3. The topological polar surface area (TPSA) is 93.5 Å². The van der Waals surface area contributed by atoms with Gasteiger partial charge < -0.3 is 25.1 Å². The zero-order valence-corrected chi connectivity index (χ0v) is 22.3. The molecule has 2 saturated heterocycles. The number of likely N-dealkylation sites (N-methyl/N-ethyl adjacent to an activating group) is 1. The SMILES string of the molecule is CC(C)c1cnc(N2CC[C@H]2CN(C)C)c2cnc(Nc3ccnc(N4CC[C@@H](O)[C@@](C)(F)C4)n3)cc12. The van der Waals surface area contributed by atoms with Crippen molar-refractivity contribution in [2.24, 2.45) is 0 Å². The van der Waals surface area contributed by atoms with Crippen LogP contribution in [0.5, 0.6) is 0 Å². The van der Waals surface area contributed by atoms with E-state index in [2.05, 4.69) is 59.1 Å². The molecule has 0 amide bonds. The molecule has 0 unspecified atom stereocenters. The second kappa shape index (κ2) is 9.98. The molecule has 2 fully saturated rings. The number of pyridine rings is 2. The van der Waals surface area contributed by atoms with Crippen LogP contribution in [0.25, 0.3) is 10.8 Å². The van der Waals surface area contributed by atoms with E-state index in [1.807, 2.05) is 12.4 Å². The number of nitrogens with zero attached hydrogens (tertiary/aromatic N) is 7. The van der Waals surface area contributed by atoms with Gasteiger partial charge in [0, 0.05) is 49.7 Å². The first-order valence-corrected chi connectivity index (χ1v) is 13.0. The molecule has 2 N–H and O–H groups in total. The summed E-state index contributed by atoms with van der Waals surface area (Å²) in [6.45, 7) is 8.30. The molecule has 198 valence electrons. The second-order valence-corrected chi connectivity index (χ2v) is 11.1. The number of hydrogen-bond acceptors (Lipinski definition) is 9. The number of fused-ring (bicyclic) bond motifs is 1. The molecule has 0 aliphatic carbocycles. The molecule has 37 heavy (non-hydrogen) atoms. The van der Waals surface area contributed by atoms with E-state index in [4.69, 9.17) is 9.97 Å². The molecule has 0 saturated carbocycles. The fraction of sp³-hybridized carbons (Fsp3) is 0.556. The minimum Gasteiger partial charge on any atom is -0.390 e. The standard InChI is InChI=1S/C27H37FN8O/c1-17(2)20-13-31-25(36-11-7-18(36)15-34(4)5)21-14-30-24(12-19(20)21)32-23-6-9-29-26(33-23)35-10-8-22(37)27(3,28)16-35/h6,9,12-14,17-18,22,37H,7-8,10-11,15-16H2,1-5H3,(H,29,30,32,33)/t18-,22+,27-/m0/s1. The summed E-state index contributed by atoms with van der Waals surface area (Å²) in [7, 11) is 4.21. The van der Waals surface area contributed by atoms with Crippen LogP contribution in [0.2, 0.25) is 0 Å². The van der Waals surface area contributed by atoms with Gasteiger partial charge in [-0.05, 0) is 62.9 Å². The summed E-state index contributed by atoms with van der Waals surface area (Å²) in [5, 5.41) is 15.4. The highest BCUT2D eigenvalue weighted by Crippen LogP contribution is 2.36. The first kappa shape index (κ1) is 25.5. The van der Waals surface area contributed by atoms with E-state index < -0.39 is 11.8 Å². The molecule has 0 radical (unpaired) electrons. The molecular formula is C27H37FN8O. The Balaban J connectivity index is 1.43. The van der Waals surface area contributed by atoms with E-state index >= 15 is 0 Å². The number of hydrogen-bond donors (Lipinski definition) is 2. The maximum absolute atomic E-state index is 14.7. The fourth-order valence-electron chi connectivity index (χ4n) is 5.24. The summed E-state index contributed by atoms with van der Waals surface area (Å²) >= 11 is 0. The highest BCUT2D eigenvalue weighted by Gasteiger charge is 2.39. The number of halogens is 1. The van der Waals surface area contributed by atoms with Crippen LogP contribution in [0.3, 0.4) is 0 Å². The monoisotopic (exact) mass is 508 g/mol. The molecule has 3 aromatic heterocycles. The maximum Gasteiger partial charge on any atom is 0.227 e. The van der Waals surface area contributed by atoms with Gasteiger partial charge >= 0.3 is 0 Å². The zero-order valence-electron chi connectivity index (χ0n) is 22.3. The maximum atomic E-state index is 14.7. The van der Waals surface area contributed by atoms with E-state index in [-0.39, 0.29) is 6.54 Å². The summed E-state index contributed by atoms with van der Waals surface area (Å²) in [5.41, 5.74) is -0.530. The number of alkyl halides is 1. The van der Waals surface area contributed by atoms with Gasteiger partial charge in [-0.3, -0.25) is 0 Å². The van der Waals surface area contributed by atoms with Gasteiger partial charge in [0.15, 0.2) is 5.67 Å². The van der Waals surface area contributed by atoms with Gasteiger partial charge in [-0.1, -0.05) is 13.8 Å². The quantitative estimate of drug-likeness (QED) is 0.495. The summed E-state index contributed by atoms with van der Waals surface area (Å²) < 4.78 is 14.7. The van der Waals surface area contributed by atoms with Crippen molar-refractivity contribution in [3.63, 3.8) is 0 Å². The van der Waals surface area contributed by atoms with E-state index in [1.54, 1.807) is 17.2 Å². The van der Waals surface area contributed by atoms with E-state index in [0.717, 1.165) is 36.1 Å². The third kappa shape index (κ3) is 5.17. The van der Waals surface area contributed by atoms with Crippen molar-refractivity contribution in [3.05, 3.63) is 36.3 Å². The van der Waals surface area contributed by atoms with E-state index in [9.17, 15) is 9.50 Å². The minimum absolute atomic E-state index is 0.0463. The van der Waals surface area contributed by atoms with E-state index in [1.165, 1.54) is 12.5 Å². The van der Waals surface area contributed by atoms with Gasteiger partial charge in [-0.25, -0.2) is 19.3 Å². The van der Waals surface area contributed by atoms with Gasteiger partial charge in [-0.2, -0.15) is 4.98 Å². The number of rotatable bonds is 7. The number of aromatic nitrogens is 4. The number of aliphatic hydroxyl groups excluding tert-OH is 1. The molecule has 9 nitrogen and oxygen atoms in total. The molecule has 3 atom stereocenters. The van der Waals surface area contributed by atoms with Gasteiger partial charge in [0.1, 0.15) is 17.5 Å². The summed E-state index contributed by atoms with van der Waals surface area (Å²) in [6.07, 6.45) is 6.08. The van der Waals surface area contributed by atoms with Gasteiger partial charge in [0.05, 0.1) is 12.6 Å². The molecule has 3 aromatic rings. The van der Waals surface area contributed by atoms with Crippen LogP contribution in [-0.2, 0) is 0 Å². The Kier molecular flexibility index (Phi) is 6.89. The molecule has 5 rings (SSSR count). The third-order valence-electron chi connectivity index (χ3n) is 7.44. The number of piperidine rings is 1. The van der Waals surface area contributed by atoms with Gasteiger partial charge in [-0.15, -0.1) is 0 Å². The van der Waals surface area contributed by atoms with Crippen molar-refractivity contribution < 1.29 is 9.50 Å². The Bertz CT molecular complexity index is 1270. The first-order chi connectivity index (χ1) is 17.6. The van der Waals surface area contributed by atoms with Crippen molar-refractivity contribution in [3.8, 4) is 0 Å². The van der Waals surface area contributed by atoms with Crippen LogP contribution in [0.1, 0.15) is 45.1 Å². The predicted molar refractivity (Wildman–Crippen MR) is 146 cm³/mol. The van der Waals surface area contributed by atoms with Crippen LogP contribution in [0, 0.1) is 0 Å². The minimum atomic E-state index is -1.70. The Hall–Kier alpha value is -3.11. The lowest BCUT2D eigenvalue weighted by molar-refractivity contribution is -0.00860. The number of aliphatic hydroxyl groups is 1. The van der Waals surface area contributed by atoms with Crippen molar-refractivity contribution in [1.82, 2.24) is 24.8 Å². The van der Waals surface area contributed by atoms with Gasteiger partial charge in [0.2, 0.25) is 5.95 Å². The van der Waals surface area contributed by atoms with Crippen LogP contribution in [0.4, 0.5) is 27.8 Å². The Morgan fingerprint density at radius 1 is 1.14 bits per heavy atom. The lowest BCUT2D eigenvalue weighted by Gasteiger charge is -2.43. The molecule has 0 bridgehead atoms. The molecule has 5 heterocycles. The van der Waals surface area contributed by atoms with Crippen molar-refractivity contribution >= 4 is 34.2 Å². The summed E-state index contributed by atoms with van der Waals surface area (Å²) in [6, 6.07) is 4.29. The average molecular weight is 509 g/mol. The molecule has 10 heteroatoms. The fourth-order valence-corrected chi connectivity index (χ4v) is 5.24. The molecular weight excluding hydrogens is 471 g/mol. The number of anilines is 4. The second-order valence-electron chi connectivity index (χ2n) is 11.1. The van der Waals surface area contributed by atoms with Crippen molar-refractivity contribution in [2.45, 2.75) is 57.3 Å². The van der Waals surface area contributed by atoms with Crippen LogP contribution in [-0.4, -0.2) is 88.0 Å². The predicted octanol–water partition coefficient (Wildman–Crippen LogP) is 3.73. The average Bonchev–Trinajstić information content (AvgIpc) is 2.83. The lowest BCUT2D eigenvalue weighted by atomic mass is 9.94. The molecule has 0 spiro atoms. The molecule has 0 aromatic carbocycles. The van der Waals surface area contributed by atoms with E-state index in [0.29, 0.717) is 42.5 Å². The first-order valence-electron chi connectivity index (χ1n) is 13.0. The molecule has 2 aliphatic rings. The molecule has 2 aliphatic heterocycles. The van der Waals surface area contributed by atoms with Crippen molar-refractivity contribution in [2.75, 3.05) is 55.4 Å². The largest absolute Gasteiger partial charge is 0.390 e. The highest BCUT2D eigenvalue weighted by molar-refractivity contribution is 5.96. The normalized spacial score (nSPS) is 24.1. The third-order valence-corrected chi connectivity index (χ3v) is 7.44. The Morgan fingerprint density at radius 2 is 1.95 bits per heavy atom. The number of nitrogens with one attached hydrogen (secondary N) is 1. The van der Waals surface area contributed by atoms with Crippen LogP contribution >= 0.6 is 0 Å². The van der Waals surface area contributed by atoms with Crippen molar-refractivity contribution in [1.29, 1.82) is 0 Å². The summed E-state index contributed by atoms with van der Waals surface area (Å²) in [4.78, 5) is 24.9. The highest BCUT2D eigenvalue weighted by atomic mass is 19.1. The van der Waals surface area contributed by atoms with Crippen LogP contribution < -0.4 is 15.1 Å². The smallest absolute Gasteiger partial charge is 0.227 e.